The predicted octanol–water partition coefficient (Wildman–Crippen LogP) is 3.15. The number of anilines is 1. The quantitative estimate of drug-likeness (QED) is 0.696. The van der Waals surface area contributed by atoms with E-state index in [4.69, 9.17) is 0 Å². The van der Waals surface area contributed by atoms with Gasteiger partial charge in [-0.3, -0.25) is 4.99 Å². The molecule has 23 heavy (non-hydrogen) atoms. The number of guanidine groups is 1. The lowest BCUT2D eigenvalue weighted by molar-refractivity contribution is 0.570. The van der Waals surface area contributed by atoms with Gasteiger partial charge in [-0.05, 0) is 36.1 Å². The van der Waals surface area contributed by atoms with Crippen LogP contribution in [0, 0.1) is 11.6 Å². The molecule has 0 unspecified atom stereocenters. The molecule has 0 atom stereocenters. The summed E-state index contributed by atoms with van der Waals surface area (Å²) in [6.07, 6.45) is 1.46. The lowest BCUT2D eigenvalue weighted by Crippen LogP contribution is -2.41. The van der Waals surface area contributed by atoms with E-state index < -0.39 is 11.6 Å². The van der Waals surface area contributed by atoms with Crippen molar-refractivity contribution in [2.75, 3.05) is 25.0 Å². The van der Waals surface area contributed by atoms with E-state index in [-0.39, 0.29) is 0 Å². The van der Waals surface area contributed by atoms with Gasteiger partial charge in [-0.25, -0.2) is 8.78 Å². The lowest BCUT2D eigenvalue weighted by atomic mass is 10.1. The fourth-order valence-corrected chi connectivity index (χ4v) is 2.89. The van der Waals surface area contributed by atoms with Gasteiger partial charge in [0.25, 0.3) is 0 Å². The molecule has 0 fully saturated rings. The highest BCUT2D eigenvalue weighted by molar-refractivity contribution is 5.97. The monoisotopic (exact) mass is 315 g/mol. The van der Waals surface area contributed by atoms with Crippen molar-refractivity contribution in [3.8, 4) is 0 Å². The number of nitrogens with one attached hydrogen (secondary N) is 1. The van der Waals surface area contributed by atoms with E-state index in [0.717, 1.165) is 30.7 Å². The SMILES string of the molecule is CN=C(NCCc1ccc(F)cc1F)N1CCc2ccccc21. The minimum atomic E-state index is -0.552. The van der Waals surface area contributed by atoms with E-state index >= 15 is 0 Å². The maximum absolute atomic E-state index is 13.6. The molecule has 0 bridgehead atoms. The standard InChI is InChI=1S/C18H19F2N3/c1-21-18(23-11-9-14-4-2-3-5-17(14)23)22-10-8-13-6-7-15(19)12-16(13)20/h2-7,12H,8-11H2,1H3,(H,21,22). The third-order valence-electron chi connectivity index (χ3n) is 4.05. The van der Waals surface area contributed by atoms with Crippen molar-refractivity contribution in [1.82, 2.24) is 5.32 Å². The van der Waals surface area contributed by atoms with Crippen LogP contribution >= 0.6 is 0 Å². The minimum Gasteiger partial charge on any atom is -0.356 e. The van der Waals surface area contributed by atoms with Crippen molar-refractivity contribution in [2.45, 2.75) is 12.8 Å². The number of nitrogens with zero attached hydrogens (tertiary/aromatic N) is 2. The maximum Gasteiger partial charge on any atom is 0.198 e. The molecule has 2 aromatic carbocycles. The Bertz CT molecular complexity index is 728. The fourth-order valence-electron chi connectivity index (χ4n) is 2.89. The molecule has 0 spiro atoms. The Morgan fingerprint density at radius 3 is 2.83 bits per heavy atom. The smallest absolute Gasteiger partial charge is 0.198 e. The minimum absolute atomic E-state index is 0.473. The molecule has 1 aliphatic rings. The molecule has 3 rings (SSSR count). The van der Waals surface area contributed by atoms with E-state index in [1.807, 2.05) is 12.1 Å². The zero-order chi connectivity index (χ0) is 16.2. The van der Waals surface area contributed by atoms with Crippen LogP contribution in [0.3, 0.4) is 0 Å². The van der Waals surface area contributed by atoms with Crippen LogP contribution in [0.2, 0.25) is 0 Å². The van der Waals surface area contributed by atoms with Gasteiger partial charge < -0.3 is 10.2 Å². The van der Waals surface area contributed by atoms with Crippen molar-refractivity contribution in [3.05, 3.63) is 65.2 Å². The molecule has 1 aliphatic heterocycles. The number of hydrogen-bond donors (Lipinski definition) is 1. The molecule has 0 saturated carbocycles. The molecule has 120 valence electrons. The summed E-state index contributed by atoms with van der Waals surface area (Å²) in [6, 6.07) is 11.9. The number of aliphatic imine (C=N–C) groups is 1. The maximum atomic E-state index is 13.6. The van der Waals surface area contributed by atoms with Crippen molar-refractivity contribution in [1.29, 1.82) is 0 Å². The van der Waals surface area contributed by atoms with Gasteiger partial charge in [0, 0.05) is 31.9 Å². The molecule has 0 aromatic heterocycles. The summed E-state index contributed by atoms with van der Waals surface area (Å²) in [5.74, 6) is -0.283. The topological polar surface area (TPSA) is 27.6 Å². The second kappa shape index (κ2) is 6.77. The summed E-state index contributed by atoms with van der Waals surface area (Å²) in [7, 11) is 1.74. The zero-order valence-electron chi connectivity index (χ0n) is 13.0. The average molecular weight is 315 g/mol. The van der Waals surface area contributed by atoms with Crippen LogP contribution in [-0.4, -0.2) is 26.1 Å². The van der Waals surface area contributed by atoms with E-state index in [2.05, 4.69) is 27.3 Å². The normalized spacial score (nSPS) is 14.0. The second-order valence-corrected chi connectivity index (χ2v) is 5.49. The molecular formula is C18H19F2N3. The van der Waals surface area contributed by atoms with Crippen LogP contribution < -0.4 is 10.2 Å². The Hall–Kier alpha value is -2.43. The van der Waals surface area contributed by atoms with Crippen LogP contribution in [0.5, 0.6) is 0 Å². The summed E-state index contributed by atoms with van der Waals surface area (Å²) in [5.41, 5.74) is 2.96. The van der Waals surface area contributed by atoms with Crippen LogP contribution in [0.25, 0.3) is 0 Å². The van der Waals surface area contributed by atoms with Crippen LogP contribution in [-0.2, 0) is 12.8 Å². The Kier molecular flexibility index (Phi) is 4.55. The highest BCUT2D eigenvalue weighted by Crippen LogP contribution is 2.27. The third-order valence-corrected chi connectivity index (χ3v) is 4.05. The molecule has 1 heterocycles. The zero-order valence-corrected chi connectivity index (χ0v) is 13.0. The van der Waals surface area contributed by atoms with Gasteiger partial charge in [-0.2, -0.15) is 0 Å². The molecule has 0 amide bonds. The van der Waals surface area contributed by atoms with Gasteiger partial charge >= 0.3 is 0 Å². The van der Waals surface area contributed by atoms with E-state index in [9.17, 15) is 8.78 Å². The van der Waals surface area contributed by atoms with E-state index in [0.29, 0.717) is 18.5 Å². The highest BCUT2D eigenvalue weighted by Gasteiger charge is 2.22. The van der Waals surface area contributed by atoms with Gasteiger partial charge in [0.2, 0.25) is 0 Å². The Morgan fingerprint density at radius 1 is 1.22 bits per heavy atom. The summed E-state index contributed by atoms with van der Waals surface area (Å²) in [5, 5.41) is 3.26. The first kappa shape index (κ1) is 15.5. The summed E-state index contributed by atoms with van der Waals surface area (Å²) in [6.45, 7) is 1.41. The first-order valence-electron chi connectivity index (χ1n) is 7.69. The van der Waals surface area contributed by atoms with Crippen molar-refractivity contribution >= 4 is 11.6 Å². The van der Waals surface area contributed by atoms with Crippen molar-refractivity contribution in [3.63, 3.8) is 0 Å². The Morgan fingerprint density at radius 2 is 2.04 bits per heavy atom. The van der Waals surface area contributed by atoms with Gasteiger partial charge in [0.15, 0.2) is 5.96 Å². The average Bonchev–Trinajstić information content (AvgIpc) is 2.97. The number of hydrogen-bond acceptors (Lipinski definition) is 1. The Labute approximate surface area is 134 Å². The van der Waals surface area contributed by atoms with Gasteiger partial charge in [0.05, 0.1) is 0 Å². The van der Waals surface area contributed by atoms with Crippen molar-refractivity contribution in [2.24, 2.45) is 4.99 Å². The van der Waals surface area contributed by atoms with Crippen molar-refractivity contribution < 1.29 is 8.78 Å². The lowest BCUT2D eigenvalue weighted by Gasteiger charge is -2.22. The first-order chi connectivity index (χ1) is 11.2. The fraction of sp³-hybridized carbons (Fsp3) is 0.278. The molecule has 0 saturated heterocycles. The molecule has 5 heteroatoms. The molecule has 3 nitrogen and oxygen atoms in total. The second-order valence-electron chi connectivity index (χ2n) is 5.49. The van der Waals surface area contributed by atoms with Crippen LogP contribution in [0.4, 0.5) is 14.5 Å². The number of fused-ring (bicyclic) bond motifs is 1. The molecule has 0 aliphatic carbocycles. The molecular weight excluding hydrogens is 296 g/mol. The van der Waals surface area contributed by atoms with E-state index in [1.165, 1.54) is 17.7 Å². The number of halogens is 2. The number of para-hydroxylation sites is 1. The van der Waals surface area contributed by atoms with Gasteiger partial charge in [-0.1, -0.05) is 24.3 Å². The largest absolute Gasteiger partial charge is 0.356 e. The molecule has 0 radical (unpaired) electrons. The van der Waals surface area contributed by atoms with Gasteiger partial charge in [0.1, 0.15) is 11.6 Å². The summed E-state index contributed by atoms with van der Waals surface area (Å²) < 4.78 is 26.6. The number of benzene rings is 2. The van der Waals surface area contributed by atoms with Crippen LogP contribution in [0.1, 0.15) is 11.1 Å². The van der Waals surface area contributed by atoms with Crippen LogP contribution in [0.15, 0.2) is 47.5 Å². The molecule has 2 aromatic rings. The van der Waals surface area contributed by atoms with Gasteiger partial charge in [-0.15, -0.1) is 0 Å². The number of rotatable bonds is 3. The van der Waals surface area contributed by atoms with E-state index in [1.54, 1.807) is 7.05 Å². The summed E-state index contributed by atoms with van der Waals surface area (Å²) >= 11 is 0. The Balaban J connectivity index is 1.63. The highest BCUT2D eigenvalue weighted by atomic mass is 19.1. The third kappa shape index (κ3) is 3.33. The predicted molar refractivity (Wildman–Crippen MR) is 88.9 cm³/mol. The summed E-state index contributed by atoms with van der Waals surface area (Å²) in [4.78, 5) is 6.45. The first-order valence-corrected chi connectivity index (χ1v) is 7.69. The molecule has 1 N–H and O–H groups in total.